The Labute approximate surface area is 92.7 Å². The largest absolute Gasteiger partial charge is 0.394 e. The van der Waals surface area contributed by atoms with Crippen LogP contribution in [0.3, 0.4) is 0 Å². The molecule has 0 bridgehead atoms. The molecule has 84 valence electrons. The molecule has 1 aromatic rings. The zero-order valence-electron chi connectivity index (χ0n) is 8.48. The molecule has 2 N–H and O–H groups in total. The summed E-state index contributed by atoms with van der Waals surface area (Å²) in [6, 6.07) is 0. The summed E-state index contributed by atoms with van der Waals surface area (Å²) in [6.07, 6.45) is 2.46. The van der Waals surface area contributed by atoms with E-state index in [-0.39, 0.29) is 6.61 Å². The highest BCUT2D eigenvalue weighted by atomic mass is 32.1. The number of anilines is 1. The number of nitrogens with zero attached hydrogens (tertiary/aromatic N) is 2. The lowest BCUT2D eigenvalue weighted by atomic mass is 10.4. The van der Waals surface area contributed by atoms with Gasteiger partial charge in [-0.15, -0.1) is 0 Å². The lowest BCUT2D eigenvalue weighted by Crippen LogP contribution is -2.11. The van der Waals surface area contributed by atoms with Crippen molar-refractivity contribution < 1.29 is 9.84 Å². The minimum atomic E-state index is 0.0740. The molecule has 1 aliphatic rings. The molecule has 0 unspecified atom stereocenters. The van der Waals surface area contributed by atoms with Crippen molar-refractivity contribution in [2.24, 2.45) is 0 Å². The van der Waals surface area contributed by atoms with Gasteiger partial charge < -0.3 is 15.2 Å². The van der Waals surface area contributed by atoms with Crippen LogP contribution in [0.1, 0.15) is 24.6 Å². The van der Waals surface area contributed by atoms with E-state index in [4.69, 9.17) is 9.84 Å². The molecule has 2 rings (SSSR count). The van der Waals surface area contributed by atoms with Crippen molar-refractivity contribution in [2.45, 2.75) is 18.8 Å². The fraction of sp³-hybridized carbons (Fsp3) is 0.778. The van der Waals surface area contributed by atoms with Gasteiger partial charge >= 0.3 is 0 Å². The summed E-state index contributed by atoms with van der Waals surface area (Å²) in [5, 5.41) is 12.5. The van der Waals surface area contributed by atoms with Gasteiger partial charge in [-0.1, -0.05) is 0 Å². The Morgan fingerprint density at radius 1 is 1.47 bits per heavy atom. The molecule has 0 saturated heterocycles. The maximum absolute atomic E-state index is 8.49. The lowest BCUT2D eigenvalue weighted by Gasteiger charge is -2.02. The molecule has 0 radical (unpaired) electrons. The number of aromatic nitrogens is 2. The van der Waals surface area contributed by atoms with Crippen LogP contribution in [-0.4, -0.2) is 40.8 Å². The minimum absolute atomic E-state index is 0.0740. The predicted octanol–water partition coefficient (Wildman–Crippen LogP) is 0.836. The molecule has 0 amide bonds. The van der Waals surface area contributed by atoms with Crippen molar-refractivity contribution in [3.63, 3.8) is 0 Å². The van der Waals surface area contributed by atoms with Crippen molar-refractivity contribution in [3.8, 4) is 0 Å². The van der Waals surface area contributed by atoms with Crippen molar-refractivity contribution in [3.05, 3.63) is 5.82 Å². The third-order valence-electron chi connectivity index (χ3n) is 2.14. The van der Waals surface area contributed by atoms with Crippen LogP contribution in [0, 0.1) is 0 Å². The molecule has 5 nitrogen and oxygen atoms in total. The van der Waals surface area contributed by atoms with Gasteiger partial charge in [0.05, 0.1) is 19.8 Å². The average molecular weight is 229 g/mol. The Kier molecular flexibility index (Phi) is 3.87. The van der Waals surface area contributed by atoms with Crippen molar-refractivity contribution >= 4 is 16.7 Å². The standard InChI is InChI=1S/C9H15N3O2S/c13-4-6-14-5-3-10-9-11-8(12-15-9)7-1-2-7/h7,13H,1-6H2,(H,10,11,12). The maximum Gasteiger partial charge on any atom is 0.202 e. The zero-order chi connectivity index (χ0) is 10.5. The summed E-state index contributed by atoms with van der Waals surface area (Å²) in [6.45, 7) is 1.76. The van der Waals surface area contributed by atoms with Gasteiger partial charge in [0.15, 0.2) is 0 Å². The third-order valence-corrected chi connectivity index (χ3v) is 2.83. The zero-order valence-corrected chi connectivity index (χ0v) is 9.29. The minimum Gasteiger partial charge on any atom is -0.394 e. The number of aliphatic hydroxyl groups excluding tert-OH is 1. The molecule has 0 atom stereocenters. The van der Waals surface area contributed by atoms with Crippen LogP contribution >= 0.6 is 11.5 Å². The van der Waals surface area contributed by atoms with E-state index in [0.29, 0.717) is 25.7 Å². The number of aliphatic hydroxyl groups is 1. The van der Waals surface area contributed by atoms with E-state index in [0.717, 1.165) is 11.0 Å². The summed E-state index contributed by atoms with van der Waals surface area (Å²) in [7, 11) is 0. The Morgan fingerprint density at radius 3 is 3.07 bits per heavy atom. The van der Waals surface area contributed by atoms with Crippen LogP contribution in [0.25, 0.3) is 0 Å². The van der Waals surface area contributed by atoms with Gasteiger partial charge in [-0.2, -0.15) is 4.37 Å². The quantitative estimate of drug-likeness (QED) is 0.678. The highest BCUT2D eigenvalue weighted by molar-refractivity contribution is 7.09. The van der Waals surface area contributed by atoms with E-state index in [1.165, 1.54) is 24.4 Å². The molecule has 6 heteroatoms. The Bertz CT molecular complexity index is 301. The van der Waals surface area contributed by atoms with Gasteiger partial charge in [0.25, 0.3) is 0 Å². The molecule has 0 aromatic carbocycles. The topological polar surface area (TPSA) is 67.3 Å². The van der Waals surface area contributed by atoms with Gasteiger partial charge in [-0.3, -0.25) is 0 Å². The van der Waals surface area contributed by atoms with Gasteiger partial charge in [-0.05, 0) is 12.8 Å². The molecule has 1 aliphatic carbocycles. The van der Waals surface area contributed by atoms with Crippen molar-refractivity contribution in [1.82, 2.24) is 9.36 Å². The van der Waals surface area contributed by atoms with Crippen LogP contribution in [0.4, 0.5) is 5.13 Å². The first-order chi connectivity index (χ1) is 7.40. The van der Waals surface area contributed by atoms with Gasteiger partial charge in [0.1, 0.15) is 5.82 Å². The number of ether oxygens (including phenoxy) is 1. The monoisotopic (exact) mass is 229 g/mol. The molecule has 0 spiro atoms. The van der Waals surface area contributed by atoms with E-state index >= 15 is 0 Å². The summed E-state index contributed by atoms with van der Waals surface area (Å²) in [5.41, 5.74) is 0. The number of hydrogen-bond donors (Lipinski definition) is 2. The van der Waals surface area contributed by atoms with E-state index in [9.17, 15) is 0 Å². The molecule has 0 aliphatic heterocycles. The van der Waals surface area contributed by atoms with Gasteiger partial charge in [-0.25, -0.2) is 4.98 Å². The molecule has 1 saturated carbocycles. The fourth-order valence-electron chi connectivity index (χ4n) is 1.21. The van der Waals surface area contributed by atoms with E-state index < -0.39 is 0 Å². The fourth-order valence-corrected chi connectivity index (χ4v) is 1.88. The highest BCUT2D eigenvalue weighted by Gasteiger charge is 2.27. The number of rotatable bonds is 7. The first-order valence-corrected chi connectivity index (χ1v) is 5.93. The summed E-state index contributed by atoms with van der Waals surface area (Å²) in [5.74, 6) is 1.60. The molecule has 1 fully saturated rings. The first kappa shape index (κ1) is 10.8. The third kappa shape index (κ3) is 3.40. The van der Waals surface area contributed by atoms with Gasteiger partial charge in [0.2, 0.25) is 5.13 Å². The lowest BCUT2D eigenvalue weighted by molar-refractivity contribution is 0.0992. The summed E-state index contributed by atoms with van der Waals surface area (Å²) >= 11 is 1.40. The van der Waals surface area contributed by atoms with Crippen LogP contribution in [-0.2, 0) is 4.74 Å². The number of hydrogen-bond acceptors (Lipinski definition) is 6. The van der Waals surface area contributed by atoms with Crippen LogP contribution in [0.15, 0.2) is 0 Å². The van der Waals surface area contributed by atoms with Crippen LogP contribution < -0.4 is 5.32 Å². The Morgan fingerprint density at radius 2 is 2.33 bits per heavy atom. The first-order valence-electron chi connectivity index (χ1n) is 5.16. The maximum atomic E-state index is 8.49. The molecular weight excluding hydrogens is 214 g/mol. The second-order valence-corrected chi connectivity index (χ2v) is 4.25. The van der Waals surface area contributed by atoms with Crippen molar-refractivity contribution in [2.75, 3.05) is 31.7 Å². The van der Waals surface area contributed by atoms with Crippen molar-refractivity contribution in [1.29, 1.82) is 0 Å². The van der Waals surface area contributed by atoms with E-state index in [1.807, 2.05) is 0 Å². The average Bonchev–Trinajstić information content (AvgIpc) is 2.99. The summed E-state index contributed by atoms with van der Waals surface area (Å²) < 4.78 is 9.40. The number of nitrogens with one attached hydrogen (secondary N) is 1. The second-order valence-electron chi connectivity index (χ2n) is 3.49. The predicted molar refractivity (Wildman–Crippen MR) is 58.3 cm³/mol. The Hall–Kier alpha value is -0.720. The second kappa shape index (κ2) is 5.39. The van der Waals surface area contributed by atoms with E-state index in [1.54, 1.807) is 0 Å². The molecule has 1 aromatic heterocycles. The molecule has 15 heavy (non-hydrogen) atoms. The SMILES string of the molecule is OCCOCCNc1nc(C2CC2)ns1. The Balaban J connectivity index is 1.64. The normalized spacial score (nSPS) is 15.5. The van der Waals surface area contributed by atoms with Crippen LogP contribution in [0.2, 0.25) is 0 Å². The van der Waals surface area contributed by atoms with Crippen LogP contribution in [0.5, 0.6) is 0 Å². The summed E-state index contributed by atoms with van der Waals surface area (Å²) in [4.78, 5) is 4.38. The molecular formula is C9H15N3O2S. The molecule has 1 heterocycles. The smallest absolute Gasteiger partial charge is 0.202 e. The van der Waals surface area contributed by atoms with Gasteiger partial charge in [0, 0.05) is 24.0 Å². The van der Waals surface area contributed by atoms with E-state index in [2.05, 4.69) is 14.7 Å². The highest BCUT2D eigenvalue weighted by Crippen LogP contribution is 2.39.